The average molecular weight is 187 g/mol. The lowest BCUT2D eigenvalue weighted by atomic mass is 10.3. The van der Waals surface area contributed by atoms with Crippen molar-refractivity contribution in [1.82, 2.24) is 4.98 Å². The molecule has 0 atom stereocenters. The Morgan fingerprint density at radius 1 is 1.75 bits per heavy atom. The second-order valence-electron chi connectivity index (χ2n) is 1.98. The summed E-state index contributed by atoms with van der Waals surface area (Å²) in [5.74, 6) is 0.425. The molecule has 0 aromatic carbocycles. The molecule has 0 fully saturated rings. The van der Waals surface area contributed by atoms with Crippen LogP contribution in [-0.4, -0.2) is 22.5 Å². The van der Waals surface area contributed by atoms with Crippen molar-refractivity contribution < 1.29 is 9.94 Å². The Morgan fingerprint density at radius 2 is 2.50 bits per heavy atom. The fourth-order valence-corrected chi connectivity index (χ4v) is 0.825. The molecule has 5 heteroatoms. The first-order valence-corrected chi connectivity index (χ1v) is 3.53. The molecule has 12 heavy (non-hydrogen) atoms. The molecule has 4 nitrogen and oxygen atoms in total. The predicted octanol–water partition coefficient (Wildman–Crippen LogP) is 1.46. The van der Waals surface area contributed by atoms with Gasteiger partial charge in [0.2, 0.25) is 5.88 Å². The van der Waals surface area contributed by atoms with E-state index in [0.29, 0.717) is 11.4 Å². The second kappa shape index (κ2) is 3.92. The molecule has 0 unspecified atom stereocenters. The molecule has 0 amide bonds. The first kappa shape index (κ1) is 8.80. The van der Waals surface area contributed by atoms with E-state index in [1.54, 1.807) is 12.1 Å². The molecule has 0 radical (unpaired) electrons. The van der Waals surface area contributed by atoms with Gasteiger partial charge in [0.1, 0.15) is 0 Å². The van der Waals surface area contributed by atoms with E-state index in [4.69, 9.17) is 21.5 Å². The van der Waals surface area contributed by atoms with Gasteiger partial charge in [0.15, 0.2) is 5.17 Å². The molecular formula is C7H7ClN2O2. The second-order valence-corrected chi connectivity index (χ2v) is 2.34. The third-order valence-corrected chi connectivity index (χ3v) is 1.56. The first-order valence-electron chi connectivity index (χ1n) is 3.16. The largest absolute Gasteiger partial charge is 0.481 e. The van der Waals surface area contributed by atoms with Gasteiger partial charge in [0.05, 0.1) is 7.11 Å². The van der Waals surface area contributed by atoms with Crippen molar-refractivity contribution in [2.24, 2.45) is 5.16 Å². The van der Waals surface area contributed by atoms with Crippen molar-refractivity contribution in [2.45, 2.75) is 0 Å². The van der Waals surface area contributed by atoms with Crippen LogP contribution in [0.4, 0.5) is 0 Å². The molecular weight excluding hydrogens is 180 g/mol. The monoisotopic (exact) mass is 186 g/mol. The number of rotatable bonds is 2. The lowest BCUT2D eigenvalue weighted by molar-refractivity contribution is 0.321. The summed E-state index contributed by atoms with van der Waals surface area (Å²) in [6, 6.07) is 3.19. The Kier molecular flexibility index (Phi) is 2.88. The normalized spacial score (nSPS) is 11.3. The summed E-state index contributed by atoms with van der Waals surface area (Å²) in [7, 11) is 1.50. The predicted molar refractivity (Wildman–Crippen MR) is 45.0 cm³/mol. The van der Waals surface area contributed by atoms with Crippen molar-refractivity contribution >= 4 is 16.8 Å². The first-order chi connectivity index (χ1) is 5.77. The van der Waals surface area contributed by atoms with Crippen LogP contribution in [0.3, 0.4) is 0 Å². The highest BCUT2D eigenvalue weighted by atomic mass is 35.5. The van der Waals surface area contributed by atoms with Crippen molar-refractivity contribution in [1.29, 1.82) is 0 Å². The lowest BCUT2D eigenvalue weighted by Gasteiger charge is -1.99. The van der Waals surface area contributed by atoms with E-state index >= 15 is 0 Å². The Bertz CT molecular complexity index is 301. The number of methoxy groups -OCH3 is 1. The number of pyridine rings is 1. The fourth-order valence-electron chi connectivity index (χ4n) is 0.707. The van der Waals surface area contributed by atoms with E-state index in [0.717, 1.165) is 0 Å². The summed E-state index contributed by atoms with van der Waals surface area (Å²) in [6.45, 7) is 0. The number of nitrogens with zero attached hydrogens (tertiary/aromatic N) is 2. The average Bonchev–Trinajstić information content (AvgIpc) is 2.17. The van der Waals surface area contributed by atoms with E-state index in [9.17, 15) is 0 Å². The van der Waals surface area contributed by atoms with Gasteiger partial charge in [-0.25, -0.2) is 4.98 Å². The van der Waals surface area contributed by atoms with Crippen LogP contribution in [-0.2, 0) is 0 Å². The summed E-state index contributed by atoms with van der Waals surface area (Å²) in [5.41, 5.74) is 0.561. The zero-order chi connectivity index (χ0) is 8.97. The molecule has 0 bridgehead atoms. The van der Waals surface area contributed by atoms with Gasteiger partial charge in [-0.15, -0.1) is 0 Å². The maximum atomic E-state index is 8.35. The van der Waals surface area contributed by atoms with Gasteiger partial charge in [-0.3, -0.25) is 0 Å². The molecule has 1 aromatic heterocycles. The number of halogens is 1. The summed E-state index contributed by atoms with van der Waals surface area (Å²) in [5, 5.41) is 11.2. The number of aromatic nitrogens is 1. The van der Waals surface area contributed by atoms with Crippen LogP contribution < -0.4 is 4.74 Å². The van der Waals surface area contributed by atoms with Crippen LogP contribution in [0.15, 0.2) is 23.5 Å². The van der Waals surface area contributed by atoms with E-state index < -0.39 is 0 Å². The maximum absolute atomic E-state index is 8.35. The molecule has 1 rings (SSSR count). The Balaban J connectivity index is 3.02. The summed E-state index contributed by atoms with van der Waals surface area (Å²) >= 11 is 5.54. The summed E-state index contributed by atoms with van der Waals surface area (Å²) in [6.07, 6.45) is 1.52. The highest BCUT2D eigenvalue weighted by Crippen LogP contribution is 2.10. The van der Waals surface area contributed by atoms with Gasteiger partial charge < -0.3 is 9.94 Å². The maximum Gasteiger partial charge on any atom is 0.213 e. The Labute approximate surface area is 74.4 Å². The molecule has 0 saturated heterocycles. The number of oxime groups is 1. The molecule has 64 valence electrons. The Hall–Kier alpha value is -1.29. The van der Waals surface area contributed by atoms with Gasteiger partial charge in [-0.05, 0) is 6.07 Å². The van der Waals surface area contributed by atoms with Gasteiger partial charge in [-0.1, -0.05) is 16.8 Å². The highest BCUT2D eigenvalue weighted by molar-refractivity contribution is 6.69. The van der Waals surface area contributed by atoms with Gasteiger partial charge in [0.25, 0.3) is 0 Å². The molecule has 1 heterocycles. The van der Waals surface area contributed by atoms with Crippen molar-refractivity contribution in [2.75, 3.05) is 7.11 Å². The number of ether oxygens (including phenoxy) is 1. The third-order valence-electron chi connectivity index (χ3n) is 1.27. The van der Waals surface area contributed by atoms with Crippen molar-refractivity contribution in [3.05, 3.63) is 23.9 Å². The minimum Gasteiger partial charge on any atom is -0.481 e. The van der Waals surface area contributed by atoms with Crippen LogP contribution in [0.25, 0.3) is 0 Å². The van der Waals surface area contributed by atoms with Crippen molar-refractivity contribution in [3.8, 4) is 5.88 Å². The number of hydrogen-bond acceptors (Lipinski definition) is 4. The smallest absolute Gasteiger partial charge is 0.213 e. The van der Waals surface area contributed by atoms with Crippen LogP contribution in [0.5, 0.6) is 5.88 Å². The van der Waals surface area contributed by atoms with Gasteiger partial charge >= 0.3 is 0 Å². The molecule has 0 spiro atoms. The standard InChI is InChI=1S/C7H7ClN2O2/c1-12-6-4-5(2-3-9-6)7(8)10-11/h2-4,11H,1H3. The van der Waals surface area contributed by atoms with E-state index in [2.05, 4.69) is 10.1 Å². The molecule has 0 aliphatic rings. The quantitative estimate of drug-likeness (QED) is 0.432. The molecule has 1 N–H and O–H groups in total. The zero-order valence-corrected chi connectivity index (χ0v) is 7.12. The minimum absolute atomic E-state index is 0.00991. The third kappa shape index (κ3) is 1.85. The fraction of sp³-hybridized carbons (Fsp3) is 0.143. The molecule has 1 aromatic rings. The minimum atomic E-state index is 0.00991. The van der Waals surface area contributed by atoms with Crippen molar-refractivity contribution in [3.63, 3.8) is 0 Å². The topological polar surface area (TPSA) is 54.7 Å². The molecule has 0 aliphatic carbocycles. The highest BCUT2D eigenvalue weighted by Gasteiger charge is 2.01. The summed E-state index contributed by atoms with van der Waals surface area (Å²) < 4.78 is 4.84. The lowest BCUT2D eigenvalue weighted by Crippen LogP contribution is -1.94. The van der Waals surface area contributed by atoms with Crippen LogP contribution >= 0.6 is 11.6 Å². The summed E-state index contributed by atoms with van der Waals surface area (Å²) in [4.78, 5) is 3.86. The zero-order valence-electron chi connectivity index (χ0n) is 6.36. The number of hydrogen-bond donors (Lipinski definition) is 1. The van der Waals surface area contributed by atoms with Crippen LogP contribution in [0.1, 0.15) is 5.56 Å². The SMILES string of the molecule is COc1cc(C(Cl)=NO)ccn1. The Morgan fingerprint density at radius 3 is 3.08 bits per heavy atom. The van der Waals surface area contributed by atoms with Crippen LogP contribution in [0.2, 0.25) is 0 Å². The van der Waals surface area contributed by atoms with Gasteiger partial charge in [-0.2, -0.15) is 0 Å². The van der Waals surface area contributed by atoms with Crippen LogP contribution in [0, 0.1) is 0 Å². The van der Waals surface area contributed by atoms with E-state index in [1.807, 2.05) is 0 Å². The van der Waals surface area contributed by atoms with E-state index in [-0.39, 0.29) is 5.17 Å². The molecule has 0 aliphatic heterocycles. The molecule has 0 saturated carbocycles. The van der Waals surface area contributed by atoms with Gasteiger partial charge in [0, 0.05) is 17.8 Å². The van der Waals surface area contributed by atoms with E-state index in [1.165, 1.54) is 13.3 Å².